The number of aliphatic hydroxyl groups excluding tert-OH is 1. The van der Waals surface area contributed by atoms with Crippen LogP contribution in [0, 0.1) is 0 Å². The fourth-order valence-electron chi connectivity index (χ4n) is 1.93. The zero-order valence-electron chi connectivity index (χ0n) is 11.8. The second-order valence-electron chi connectivity index (χ2n) is 4.80. The minimum atomic E-state index is -0.724. The summed E-state index contributed by atoms with van der Waals surface area (Å²) in [6, 6.07) is 6.93. The van der Waals surface area contributed by atoms with Crippen molar-refractivity contribution in [2.24, 2.45) is 0 Å². The Kier molecular flexibility index (Phi) is 5.29. The number of pyridine rings is 1. The molecule has 21 heavy (non-hydrogen) atoms. The lowest BCUT2D eigenvalue weighted by Gasteiger charge is -2.15. The van der Waals surface area contributed by atoms with Crippen molar-refractivity contribution in [2.45, 2.75) is 25.5 Å². The molecular formula is C16H18N2O3. The summed E-state index contributed by atoms with van der Waals surface area (Å²) in [5.41, 5.74) is 0.857. The predicted octanol–water partition coefficient (Wildman–Crippen LogP) is 2.32. The van der Waals surface area contributed by atoms with Gasteiger partial charge in [0.1, 0.15) is 11.9 Å². The molecule has 2 aromatic heterocycles. The third-order valence-electron chi connectivity index (χ3n) is 2.95. The van der Waals surface area contributed by atoms with E-state index in [9.17, 15) is 9.90 Å². The molecule has 5 heteroatoms. The number of nitrogens with one attached hydrogen (secondary N) is 1. The molecule has 2 atom stereocenters. The molecule has 0 bridgehead atoms. The minimum Gasteiger partial charge on any atom is -0.467 e. The van der Waals surface area contributed by atoms with Crippen LogP contribution in [0.15, 0.2) is 53.4 Å². The first-order valence-electron chi connectivity index (χ1n) is 6.75. The normalized spacial score (nSPS) is 14.0. The van der Waals surface area contributed by atoms with E-state index < -0.39 is 6.10 Å². The summed E-state index contributed by atoms with van der Waals surface area (Å²) in [6.45, 7) is 1.84. The summed E-state index contributed by atoms with van der Waals surface area (Å²) in [4.78, 5) is 15.7. The molecule has 0 aliphatic carbocycles. The van der Waals surface area contributed by atoms with Crippen LogP contribution >= 0.6 is 0 Å². The number of carbonyl (C=O) groups excluding carboxylic acids is 1. The number of aromatic nitrogens is 1. The largest absolute Gasteiger partial charge is 0.467 e. The maximum Gasteiger partial charge on any atom is 0.244 e. The van der Waals surface area contributed by atoms with Crippen molar-refractivity contribution in [1.82, 2.24) is 10.3 Å². The summed E-state index contributed by atoms with van der Waals surface area (Å²) in [7, 11) is 0. The van der Waals surface area contributed by atoms with Crippen LogP contribution < -0.4 is 5.32 Å². The van der Waals surface area contributed by atoms with Gasteiger partial charge in [-0.2, -0.15) is 0 Å². The maximum absolute atomic E-state index is 11.8. The number of amides is 1. The quantitative estimate of drug-likeness (QED) is 0.799. The van der Waals surface area contributed by atoms with Crippen molar-refractivity contribution < 1.29 is 14.3 Å². The Morgan fingerprint density at radius 1 is 1.48 bits per heavy atom. The van der Waals surface area contributed by atoms with Crippen LogP contribution in [0.2, 0.25) is 0 Å². The van der Waals surface area contributed by atoms with Gasteiger partial charge in [0.15, 0.2) is 0 Å². The van der Waals surface area contributed by atoms with Crippen LogP contribution in [0.1, 0.15) is 30.8 Å². The Labute approximate surface area is 123 Å². The third kappa shape index (κ3) is 4.89. The highest BCUT2D eigenvalue weighted by atomic mass is 16.4. The summed E-state index contributed by atoms with van der Waals surface area (Å²) in [5, 5.41) is 12.7. The predicted molar refractivity (Wildman–Crippen MR) is 79.2 cm³/mol. The highest BCUT2D eigenvalue weighted by molar-refractivity contribution is 5.91. The van der Waals surface area contributed by atoms with E-state index in [1.807, 2.05) is 13.0 Å². The highest BCUT2D eigenvalue weighted by Gasteiger charge is 2.15. The molecule has 2 heterocycles. The van der Waals surface area contributed by atoms with Crippen molar-refractivity contribution in [3.8, 4) is 0 Å². The van der Waals surface area contributed by atoms with Gasteiger partial charge in [-0.25, -0.2) is 0 Å². The molecule has 0 aliphatic heterocycles. The number of hydrogen-bond donors (Lipinski definition) is 2. The van der Waals surface area contributed by atoms with Gasteiger partial charge in [-0.05, 0) is 36.8 Å². The average Bonchev–Trinajstić information content (AvgIpc) is 3.00. The second kappa shape index (κ2) is 7.40. The van der Waals surface area contributed by atoms with Gasteiger partial charge in [0.05, 0.1) is 6.26 Å². The van der Waals surface area contributed by atoms with Gasteiger partial charge in [0.2, 0.25) is 5.91 Å². The molecule has 110 valence electrons. The first-order valence-corrected chi connectivity index (χ1v) is 6.75. The molecule has 5 nitrogen and oxygen atoms in total. The Balaban J connectivity index is 1.81. The highest BCUT2D eigenvalue weighted by Crippen LogP contribution is 2.18. The Morgan fingerprint density at radius 2 is 2.33 bits per heavy atom. The van der Waals surface area contributed by atoms with Crippen LogP contribution in [-0.2, 0) is 4.79 Å². The van der Waals surface area contributed by atoms with E-state index in [0.29, 0.717) is 12.2 Å². The fourth-order valence-corrected chi connectivity index (χ4v) is 1.93. The molecule has 2 unspecified atom stereocenters. The van der Waals surface area contributed by atoms with Gasteiger partial charge in [-0.15, -0.1) is 0 Å². The summed E-state index contributed by atoms with van der Waals surface area (Å²) in [6.07, 6.45) is 7.67. The maximum atomic E-state index is 11.8. The summed E-state index contributed by atoms with van der Waals surface area (Å²) < 4.78 is 5.12. The lowest BCUT2D eigenvalue weighted by Crippen LogP contribution is -2.32. The zero-order valence-corrected chi connectivity index (χ0v) is 11.8. The van der Waals surface area contributed by atoms with Crippen LogP contribution in [0.25, 0.3) is 6.08 Å². The van der Waals surface area contributed by atoms with E-state index >= 15 is 0 Å². The van der Waals surface area contributed by atoms with E-state index in [1.54, 1.807) is 36.7 Å². The fraction of sp³-hybridized carbons (Fsp3) is 0.250. The standard InChI is InChI=1S/C16H18N2O3/c1-12(10-14(19)15-5-3-9-21-15)18-16(20)7-6-13-4-2-8-17-11-13/h2-9,11-12,14,19H,10H2,1H3,(H,18,20)/b7-6+. The molecule has 0 aromatic carbocycles. The van der Waals surface area contributed by atoms with E-state index in [-0.39, 0.29) is 11.9 Å². The van der Waals surface area contributed by atoms with Crippen LogP contribution in [0.3, 0.4) is 0 Å². The van der Waals surface area contributed by atoms with E-state index in [1.165, 1.54) is 12.3 Å². The molecular weight excluding hydrogens is 268 g/mol. The topological polar surface area (TPSA) is 75.4 Å². The lowest BCUT2D eigenvalue weighted by molar-refractivity contribution is -0.117. The molecule has 0 spiro atoms. The van der Waals surface area contributed by atoms with Crippen LogP contribution in [0.5, 0.6) is 0 Å². The molecule has 2 rings (SSSR count). The zero-order chi connectivity index (χ0) is 15.1. The van der Waals surface area contributed by atoms with Gasteiger partial charge in [-0.1, -0.05) is 6.07 Å². The van der Waals surface area contributed by atoms with Gasteiger partial charge >= 0.3 is 0 Å². The SMILES string of the molecule is CC(CC(O)c1ccco1)NC(=O)/C=C/c1cccnc1. The molecule has 1 amide bonds. The van der Waals surface area contributed by atoms with Gasteiger partial charge in [-0.3, -0.25) is 9.78 Å². The monoisotopic (exact) mass is 286 g/mol. The van der Waals surface area contributed by atoms with Gasteiger partial charge < -0.3 is 14.8 Å². The molecule has 0 saturated heterocycles. The van der Waals surface area contributed by atoms with Crippen molar-refractivity contribution >= 4 is 12.0 Å². The number of carbonyl (C=O) groups is 1. The second-order valence-corrected chi connectivity index (χ2v) is 4.80. The molecule has 0 aliphatic rings. The molecule has 0 radical (unpaired) electrons. The first kappa shape index (κ1) is 15.0. The minimum absolute atomic E-state index is 0.170. The van der Waals surface area contributed by atoms with Crippen LogP contribution in [0.4, 0.5) is 0 Å². The van der Waals surface area contributed by atoms with E-state index in [0.717, 1.165) is 5.56 Å². The van der Waals surface area contributed by atoms with Gasteiger partial charge in [0.25, 0.3) is 0 Å². The van der Waals surface area contributed by atoms with Crippen molar-refractivity contribution in [2.75, 3.05) is 0 Å². The number of rotatable bonds is 6. The van der Waals surface area contributed by atoms with Crippen molar-refractivity contribution in [3.05, 3.63) is 60.3 Å². The first-order chi connectivity index (χ1) is 10.1. The third-order valence-corrected chi connectivity index (χ3v) is 2.95. The lowest BCUT2D eigenvalue weighted by atomic mass is 10.1. The van der Waals surface area contributed by atoms with Crippen molar-refractivity contribution in [3.63, 3.8) is 0 Å². The summed E-state index contributed by atoms with van der Waals surface area (Å²) in [5.74, 6) is 0.292. The van der Waals surface area contributed by atoms with Crippen molar-refractivity contribution in [1.29, 1.82) is 0 Å². The molecule has 0 saturated carbocycles. The number of hydrogen-bond acceptors (Lipinski definition) is 4. The molecule has 0 fully saturated rings. The number of aliphatic hydroxyl groups is 1. The van der Waals surface area contributed by atoms with E-state index in [2.05, 4.69) is 10.3 Å². The number of nitrogens with zero attached hydrogens (tertiary/aromatic N) is 1. The molecule has 2 N–H and O–H groups in total. The smallest absolute Gasteiger partial charge is 0.244 e. The Morgan fingerprint density at radius 3 is 3.00 bits per heavy atom. The average molecular weight is 286 g/mol. The summed E-state index contributed by atoms with van der Waals surface area (Å²) >= 11 is 0. The molecule has 2 aromatic rings. The van der Waals surface area contributed by atoms with E-state index in [4.69, 9.17) is 4.42 Å². The number of furan rings is 1. The van der Waals surface area contributed by atoms with Gasteiger partial charge in [0, 0.05) is 30.9 Å². The Bertz CT molecular complexity index is 579. The Hall–Kier alpha value is -2.40. The van der Waals surface area contributed by atoms with Crippen LogP contribution in [-0.4, -0.2) is 22.0 Å².